The summed E-state index contributed by atoms with van der Waals surface area (Å²) in [5, 5.41) is 11.4. The van der Waals surface area contributed by atoms with Crippen molar-refractivity contribution in [3.63, 3.8) is 0 Å². The molecule has 1 saturated heterocycles. The molecule has 5 rings (SSSR count). The number of nitrogens with one attached hydrogen (secondary N) is 2. The molecule has 1 aliphatic heterocycles. The van der Waals surface area contributed by atoms with E-state index in [-0.39, 0.29) is 16.0 Å². The fourth-order valence-corrected chi connectivity index (χ4v) is 6.62. The standard InChI is InChI=1S/C20H19N3O5S2/c21-30(26,27)17-13(7-11-5-6-20(10-11)18(24)22-19(25)23-20)9-16(29-17)15-8-12-3-1-2-4-14(12)28-15/h1-4,8-9,11H,5-7,10H2,(H2,21,26,27)(H2,22,23,24,25). The van der Waals surface area contributed by atoms with Crippen LogP contribution in [0.5, 0.6) is 0 Å². The summed E-state index contributed by atoms with van der Waals surface area (Å²) >= 11 is 1.09. The molecule has 3 amide bonds. The molecule has 2 unspecified atom stereocenters. The average molecular weight is 446 g/mol. The highest BCUT2D eigenvalue weighted by molar-refractivity contribution is 7.91. The first kappa shape index (κ1) is 19.3. The van der Waals surface area contributed by atoms with Crippen molar-refractivity contribution in [1.82, 2.24) is 10.6 Å². The van der Waals surface area contributed by atoms with Gasteiger partial charge in [-0.25, -0.2) is 18.4 Å². The summed E-state index contributed by atoms with van der Waals surface area (Å²) < 4.78 is 30.4. The van der Waals surface area contributed by atoms with Crippen LogP contribution < -0.4 is 15.8 Å². The number of hydrogen-bond donors (Lipinski definition) is 3. The zero-order valence-corrected chi connectivity index (χ0v) is 17.4. The Morgan fingerprint density at radius 2 is 2.03 bits per heavy atom. The van der Waals surface area contributed by atoms with E-state index in [2.05, 4.69) is 10.6 Å². The maximum atomic E-state index is 12.2. The van der Waals surface area contributed by atoms with Gasteiger partial charge >= 0.3 is 6.03 Å². The van der Waals surface area contributed by atoms with Crippen LogP contribution in [0.4, 0.5) is 4.79 Å². The van der Waals surface area contributed by atoms with Crippen LogP contribution >= 0.6 is 11.3 Å². The van der Waals surface area contributed by atoms with Gasteiger partial charge in [0, 0.05) is 5.39 Å². The van der Waals surface area contributed by atoms with Crippen LogP contribution in [-0.2, 0) is 21.2 Å². The Morgan fingerprint density at radius 1 is 1.23 bits per heavy atom. The van der Waals surface area contributed by atoms with Crippen molar-refractivity contribution in [2.45, 2.75) is 35.4 Å². The van der Waals surface area contributed by atoms with Crippen LogP contribution in [-0.4, -0.2) is 25.9 Å². The lowest BCUT2D eigenvalue weighted by Gasteiger charge is -2.19. The number of para-hydroxylation sites is 1. The number of sulfonamides is 1. The largest absolute Gasteiger partial charge is 0.455 e. The summed E-state index contributed by atoms with van der Waals surface area (Å²) in [6.07, 6.45) is 2.14. The molecule has 2 aromatic heterocycles. The van der Waals surface area contributed by atoms with Gasteiger partial charge in [-0.05, 0) is 55.4 Å². The third-order valence-electron chi connectivity index (χ3n) is 5.84. The lowest BCUT2D eigenvalue weighted by molar-refractivity contribution is -0.123. The van der Waals surface area contributed by atoms with Gasteiger partial charge in [0.25, 0.3) is 5.91 Å². The fourth-order valence-electron chi connectivity index (χ4n) is 4.50. The lowest BCUT2D eigenvalue weighted by atomic mass is 9.93. The minimum Gasteiger partial charge on any atom is -0.455 e. The van der Waals surface area contributed by atoms with Gasteiger partial charge in [-0.15, -0.1) is 11.3 Å². The summed E-state index contributed by atoms with van der Waals surface area (Å²) in [5.74, 6) is 0.324. The molecule has 30 heavy (non-hydrogen) atoms. The third-order valence-corrected chi connectivity index (χ3v) is 8.55. The number of furan rings is 1. The van der Waals surface area contributed by atoms with Crippen molar-refractivity contribution in [2.75, 3.05) is 0 Å². The lowest BCUT2D eigenvalue weighted by Crippen LogP contribution is -2.44. The second-order valence-corrected chi connectivity index (χ2v) is 10.7. The molecule has 3 heterocycles. The zero-order valence-electron chi connectivity index (χ0n) is 15.8. The number of rotatable bonds is 4. The number of nitrogens with two attached hydrogens (primary N) is 1. The van der Waals surface area contributed by atoms with E-state index in [1.54, 1.807) is 6.07 Å². The van der Waals surface area contributed by atoms with Gasteiger partial charge in [0.15, 0.2) is 0 Å². The number of fused-ring (bicyclic) bond motifs is 1. The Labute approximate surface area is 176 Å². The highest BCUT2D eigenvalue weighted by Crippen LogP contribution is 2.42. The van der Waals surface area contributed by atoms with Crippen molar-refractivity contribution in [3.8, 4) is 10.6 Å². The van der Waals surface area contributed by atoms with Gasteiger partial charge in [0.1, 0.15) is 21.1 Å². The molecule has 0 bridgehead atoms. The van der Waals surface area contributed by atoms with Gasteiger partial charge in [0.2, 0.25) is 10.0 Å². The molecule has 3 aromatic rings. The first-order valence-corrected chi connectivity index (χ1v) is 11.9. The quantitative estimate of drug-likeness (QED) is 0.531. The summed E-state index contributed by atoms with van der Waals surface area (Å²) in [4.78, 5) is 24.4. The van der Waals surface area contributed by atoms with Gasteiger partial charge in [-0.1, -0.05) is 18.2 Å². The van der Waals surface area contributed by atoms with Crippen molar-refractivity contribution in [3.05, 3.63) is 42.0 Å². The molecule has 2 fully saturated rings. The molecule has 1 aliphatic carbocycles. The van der Waals surface area contributed by atoms with Crippen molar-refractivity contribution in [1.29, 1.82) is 0 Å². The van der Waals surface area contributed by atoms with E-state index in [4.69, 9.17) is 9.56 Å². The molecule has 1 aromatic carbocycles. The Morgan fingerprint density at radius 3 is 2.73 bits per heavy atom. The number of benzene rings is 1. The third kappa shape index (κ3) is 3.21. The molecule has 1 spiro atoms. The molecule has 0 radical (unpaired) electrons. The van der Waals surface area contributed by atoms with E-state index in [0.29, 0.717) is 41.9 Å². The Balaban J connectivity index is 1.46. The van der Waals surface area contributed by atoms with Gasteiger partial charge < -0.3 is 9.73 Å². The molecular formula is C20H19N3O5S2. The van der Waals surface area contributed by atoms with E-state index in [1.807, 2.05) is 30.3 Å². The first-order valence-electron chi connectivity index (χ1n) is 9.52. The van der Waals surface area contributed by atoms with E-state index < -0.39 is 21.6 Å². The van der Waals surface area contributed by atoms with E-state index in [0.717, 1.165) is 22.3 Å². The number of imide groups is 1. The summed E-state index contributed by atoms with van der Waals surface area (Å²) in [5.41, 5.74) is 0.450. The Kier molecular flexibility index (Phi) is 4.28. The van der Waals surface area contributed by atoms with Crippen LogP contribution in [0.3, 0.4) is 0 Å². The number of hydrogen-bond acceptors (Lipinski definition) is 6. The molecule has 156 valence electrons. The number of urea groups is 1. The first-order chi connectivity index (χ1) is 14.2. The van der Waals surface area contributed by atoms with Crippen LogP contribution in [0.2, 0.25) is 0 Å². The van der Waals surface area contributed by atoms with Crippen LogP contribution in [0.1, 0.15) is 24.8 Å². The van der Waals surface area contributed by atoms with E-state index >= 15 is 0 Å². The molecular weight excluding hydrogens is 426 g/mol. The minimum absolute atomic E-state index is 0.0489. The highest BCUT2D eigenvalue weighted by atomic mass is 32.2. The van der Waals surface area contributed by atoms with Crippen LogP contribution in [0, 0.1) is 5.92 Å². The highest BCUT2D eigenvalue weighted by Gasteiger charge is 2.51. The smallest absolute Gasteiger partial charge is 0.322 e. The maximum absolute atomic E-state index is 12.2. The second-order valence-electron chi connectivity index (χ2n) is 7.92. The molecule has 4 N–H and O–H groups in total. The Bertz CT molecular complexity index is 1260. The molecule has 10 heteroatoms. The van der Waals surface area contributed by atoms with Crippen molar-refractivity contribution in [2.24, 2.45) is 11.1 Å². The number of carbonyl (C=O) groups is 2. The predicted octanol–water partition coefficient (Wildman–Crippen LogP) is 2.73. The number of primary sulfonamides is 1. The molecule has 2 atom stereocenters. The number of thiophene rings is 1. The SMILES string of the molecule is NS(=O)(=O)c1sc(-c2cc3ccccc3o2)cc1CC1CCC2(C1)NC(=O)NC2=O. The number of amides is 3. The fraction of sp³-hybridized carbons (Fsp3) is 0.300. The van der Waals surface area contributed by atoms with E-state index in [9.17, 15) is 18.0 Å². The molecule has 8 nitrogen and oxygen atoms in total. The van der Waals surface area contributed by atoms with Crippen LogP contribution in [0.25, 0.3) is 21.6 Å². The van der Waals surface area contributed by atoms with Crippen molar-refractivity contribution < 1.29 is 22.4 Å². The zero-order chi connectivity index (χ0) is 21.1. The van der Waals surface area contributed by atoms with Gasteiger partial charge in [0.05, 0.1) is 4.88 Å². The molecule has 1 saturated carbocycles. The predicted molar refractivity (Wildman–Crippen MR) is 111 cm³/mol. The number of carbonyl (C=O) groups excluding carboxylic acids is 2. The van der Waals surface area contributed by atoms with E-state index in [1.165, 1.54) is 0 Å². The maximum Gasteiger partial charge on any atom is 0.322 e. The average Bonchev–Trinajstić information content (AvgIpc) is 3.41. The molecule has 2 aliphatic rings. The van der Waals surface area contributed by atoms with Crippen molar-refractivity contribution >= 4 is 44.3 Å². The Hall–Kier alpha value is -2.69. The normalized spacial score (nSPS) is 24.0. The second kappa shape index (κ2) is 6.66. The van der Waals surface area contributed by atoms with Gasteiger partial charge in [-0.3, -0.25) is 10.1 Å². The van der Waals surface area contributed by atoms with Gasteiger partial charge in [-0.2, -0.15) is 0 Å². The monoisotopic (exact) mass is 445 g/mol. The minimum atomic E-state index is -3.91. The summed E-state index contributed by atoms with van der Waals surface area (Å²) in [6, 6.07) is 10.8. The summed E-state index contributed by atoms with van der Waals surface area (Å²) in [7, 11) is -3.91. The summed E-state index contributed by atoms with van der Waals surface area (Å²) in [6.45, 7) is 0. The topological polar surface area (TPSA) is 132 Å². The van der Waals surface area contributed by atoms with Crippen LogP contribution in [0.15, 0.2) is 45.0 Å².